The van der Waals surface area contributed by atoms with E-state index in [4.69, 9.17) is 40.5 Å². The Morgan fingerprint density at radius 1 is 1.54 bits per heavy atom. The van der Waals surface area contributed by atoms with Crippen molar-refractivity contribution in [3.63, 3.8) is 0 Å². The predicted molar refractivity (Wildman–Crippen MR) is 53.7 cm³/mol. The Kier molecular flexibility index (Phi) is 5.21. The summed E-state index contributed by atoms with van der Waals surface area (Å²) in [5, 5.41) is 0. The first-order valence-electron chi connectivity index (χ1n) is 3.20. The van der Waals surface area contributed by atoms with E-state index in [-0.39, 0.29) is 12.3 Å². The van der Waals surface area contributed by atoms with Gasteiger partial charge in [-0.3, -0.25) is 0 Å². The summed E-state index contributed by atoms with van der Waals surface area (Å²) in [5.74, 6) is -0.677. The minimum absolute atomic E-state index is 0.0858. The molecule has 0 aliphatic carbocycles. The number of hydrogen-bond donors (Lipinski definition) is 1. The molecule has 0 aliphatic heterocycles. The molecule has 0 unspecified atom stereocenters. The van der Waals surface area contributed by atoms with Gasteiger partial charge in [-0.25, -0.2) is 4.79 Å². The molecule has 0 rings (SSSR count). The first-order chi connectivity index (χ1) is 5.88. The molecule has 0 aromatic heterocycles. The molecule has 0 radical (unpaired) electrons. The molecule has 13 heavy (non-hydrogen) atoms. The number of esters is 1. The van der Waals surface area contributed by atoms with Crippen molar-refractivity contribution in [2.75, 3.05) is 6.61 Å². The Bertz CT molecular complexity index is 232. The molecule has 0 amide bonds. The molecule has 0 saturated heterocycles. The Morgan fingerprint density at radius 2 is 2.08 bits per heavy atom. The molecule has 0 heterocycles. The molecule has 0 aromatic carbocycles. The molecule has 0 saturated carbocycles. The highest BCUT2D eigenvalue weighted by Crippen LogP contribution is 2.31. The number of carbonyl (C=O) groups excluding carboxylic acids is 1. The second-order valence-corrected chi connectivity index (χ2v) is 4.30. The second kappa shape index (κ2) is 5.37. The molecule has 2 N–H and O–H groups in total. The van der Waals surface area contributed by atoms with Crippen molar-refractivity contribution < 1.29 is 9.53 Å². The monoisotopic (exact) mass is 243 g/mol. The number of rotatable bonds is 3. The van der Waals surface area contributed by atoms with Crippen LogP contribution in [0.1, 0.15) is 0 Å². The zero-order chi connectivity index (χ0) is 10.5. The molecule has 0 atom stereocenters. The Balaban J connectivity index is 4.22. The summed E-state index contributed by atoms with van der Waals surface area (Å²) in [6.07, 6.45) is 2.33. The van der Waals surface area contributed by atoms with Gasteiger partial charge in [-0.05, 0) is 0 Å². The van der Waals surface area contributed by atoms with Crippen LogP contribution in [0, 0.1) is 0 Å². The van der Waals surface area contributed by atoms with E-state index in [1.807, 2.05) is 0 Å². The zero-order valence-corrected chi connectivity index (χ0v) is 8.86. The van der Waals surface area contributed by atoms with Crippen molar-refractivity contribution in [3.05, 3.63) is 24.4 Å². The van der Waals surface area contributed by atoms with Crippen molar-refractivity contribution in [1.82, 2.24) is 0 Å². The number of ether oxygens (including phenoxy) is 1. The predicted octanol–water partition coefficient (Wildman–Crippen LogP) is 1.93. The van der Waals surface area contributed by atoms with Crippen LogP contribution >= 0.6 is 34.8 Å². The van der Waals surface area contributed by atoms with Gasteiger partial charge < -0.3 is 10.5 Å². The lowest BCUT2D eigenvalue weighted by Crippen LogP contribution is -2.18. The molecule has 0 spiro atoms. The number of hydrogen-bond acceptors (Lipinski definition) is 3. The lowest BCUT2D eigenvalue weighted by Gasteiger charge is -2.09. The van der Waals surface area contributed by atoms with Crippen LogP contribution in [0.2, 0.25) is 0 Å². The van der Waals surface area contributed by atoms with Crippen LogP contribution in [0.15, 0.2) is 24.4 Å². The van der Waals surface area contributed by atoms with Crippen LogP contribution in [0.4, 0.5) is 0 Å². The fourth-order valence-corrected chi connectivity index (χ4v) is 0.555. The van der Waals surface area contributed by atoms with Crippen LogP contribution in [0.3, 0.4) is 0 Å². The normalized spacial score (nSPS) is 12.4. The summed E-state index contributed by atoms with van der Waals surface area (Å²) in [5.41, 5.74) is 5.07. The summed E-state index contributed by atoms with van der Waals surface area (Å²) in [7, 11) is 0. The lowest BCUT2D eigenvalue weighted by molar-refractivity contribution is -0.136. The second-order valence-electron chi connectivity index (χ2n) is 2.02. The number of alkyl halides is 3. The van der Waals surface area contributed by atoms with Gasteiger partial charge in [-0.2, -0.15) is 0 Å². The van der Waals surface area contributed by atoms with Crippen LogP contribution in [-0.4, -0.2) is 16.4 Å². The molecule has 0 aromatic rings. The third kappa shape index (κ3) is 5.80. The van der Waals surface area contributed by atoms with Crippen molar-refractivity contribution in [2.45, 2.75) is 3.79 Å². The third-order valence-corrected chi connectivity index (χ3v) is 1.60. The van der Waals surface area contributed by atoms with E-state index in [2.05, 4.69) is 11.3 Å². The van der Waals surface area contributed by atoms with Crippen LogP contribution in [0.5, 0.6) is 0 Å². The van der Waals surface area contributed by atoms with E-state index in [1.165, 1.54) is 6.08 Å². The van der Waals surface area contributed by atoms with Crippen LogP contribution < -0.4 is 5.73 Å². The largest absolute Gasteiger partial charge is 0.458 e. The van der Waals surface area contributed by atoms with Crippen molar-refractivity contribution in [3.8, 4) is 0 Å². The molecule has 3 nitrogen and oxygen atoms in total. The topological polar surface area (TPSA) is 52.3 Å². The molecule has 0 aliphatic rings. The van der Waals surface area contributed by atoms with Crippen LogP contribution in [0.25, 0.3) is 0 Å². The van der Waals surface area contributed by atoms with Gasteiger partial charge in [0.1, 0.15) is 6.61 Å². The summed E-state index contributed by atoms with van der Waals surface area (Å²) in [6.45, 7) is 3.44. The smallest absolute Gasteiger partial charge is 0.332 e. The Hall–Kier alpha value is -0.380. The first kappa shape index (κ1) is 12.6. The van der Waals surface area contributed by atoms with E-state index < -0.39 is 9.76 Å². The van der Waals surface area contributed by atoms with Gasteiger partial charge in [-0.1, -0.05) is 47.5 Å². The Morgan fingerprint density at radius 3 is 2.46 bits per heavy atom. The van der Waals surface area contributed by atoms with E-state index in [0.29, 0.717) is 0 Å². The van der Waals surface area contributed by atoms with Crippen molar-refractivity contribution in [2.24, 2.45) is 5.73 Å². The zero-order valence-electron chi connectivity index (χ0n) is 6.60. The minimum atomic E-state index is -1.78. The average Bonchev–Trinajstić information content (AvgIpc) is 1.99. The fourth-order valence-electron chi connectivity index (χ4n) is 0.392. The van der Waals surface area contributed by atoms with Gasteiger partial charge in [0.2, 0.25) is 3.79 Å². The molecule has 0 bridgehead atoms. The molecule has 74 valence electrons. The first-order valence-corrected chi connectivity index (χ1v) is 4.33. The van der Waals surface area contributed by atoms with Crippen LogP contribution in [-0.2, 0) is 9.53 Å². The van der Waals surface area contributed by atoms with Crippen molar-refractivity contribution >= 4 is 40.8 Å². The van der Waals surface area contributed by atoms with Gasteiger partial charge in [-0.15, -0.1) is 0 Å². The minimum Gasteiger partial charge on any atom is -0.458 e. The molecule has 6 heteroatoms. The summed E-state index contributed by atoms with van der Waals surface area (Å²) < 4.78 is 2.78. The maximum atomic E-state index is 10.9. The highest BCUT2D eigenvalue weighted by atomic mass is 35.6. The third-order valence-electron chi connectivity index (χ3n) is 0.944. The lowest BCUT2D eigenvalue weighted by atomic mass is 10.4. The standard InChI is InChI=1S/C7H8Cl3NO2/c1-2-3-13-6(12)4-5(11)7(8,9)10/h2,4H,1,3,11H2/b5-4-. The fraction of sp³-hybridized carbons (Fsp3) is 0.286. The maximum absolute atomic E-state index is 10.9. The average molecular weight is 245 g/mol. The van der Waals surface area contributed by atoms with E-state index in [9.17, 15) is 4.79 Å². The Labute approximate surface area is 91.1 Å². The summed E-state index contributed by atoms with van der Waals surface area (Å²) in [4.78, 5) is 10.9. The van der Waals surface area contributed by atoms with Crippen molar-refractivity contribution in [1.29, 1.82) is 0 Å². The highest BCUT2D eigenvalue weighted by Gasteiger charge is 2.24. The maximum Gasteiger partial charge on any atom is 0.332 e. The van der Waals surface area contributed by atoms with Gasteiger partial charge in [0.15, 0.2) is 0 Å². The number of halogens is 3. The number of carbonyl (C=O) groups is 1. The molecular formula is C7H8Cl3NO2. The molecular weight excluding hydrogens is 236 g/mol. The van der Waals surface area contributed by atoms with E-state index >= 15 is 0 Å². The summed E-state index contributed by atoms with van der Waals surface area (Å²) >= 11 is 16.1. The molecule has 0 fully saturated rings. The summed E-state index contributed by atoms with van der Waals surface area (Å²) in [6, 6.07) is 0. The number of allylic oxidation sites excluding steroid dienone is 1. The van der Waals surface area contributed by atoms with E-state index in [0.717, 1.165) is 6.08 Å². The highest BCUT2D eigenvalue weighted by molar-refractivity contribution is 6.69. The van der Waals surface area contributed by atoms with Gasteiger partial charge in [0, 0.05) is 6.08 Å². The number of nitrogens with two attached hydrogens (primary N) is 1. The SMILES string of the molecule is C=CCOC(=O)/C=C(\N)C(Cl)(Cl)Cl. The van der Waals surface area contributed by atoms with Gasteiger partial charge in [0.05, 0.1) is 5.70 Å². The quantitative estimate of drug-likeness (QED) is 0.357. The van der Waals surface area contributed by atoms with E-state index in [1.54, 1.807) is 0 Å². The van der Waals surface area contributed by atoms with Gasteiger partial charge in [0.25, 0.3) is 0 Å². The van der Waals surface area contributed by atoms with Gasteiger partial charge >= 0.3 is 5.97 Å².